The van der Waals surface area contributed by atoms with Gasteiger partial charge in [-0.1, -0.05) is 31.5 Å². The summed E-state index contributed by atoms with van der Waals surface area (Å²) in [5.74, 6) is 0.379. The molecule has 0 spiro atoms. The van der Waals surface area contributed by atoms with Gasteiger partial charge < -0.3 is 24.0 Å². The van der Waals surface area contributed by atoms with Gasteiger partial charge in [0.15, 0.2) is 0 Å². The number of aromatic amines is 1. The summed E-state index contributed by atoms with van der Waals surface area (Å²) in [4.78, 5) is 16.0. The van der Waals surface area contributed by atoms with Gasteiger partial charge in [0.05, 0.1) is 31.8 Å². The Morgan fingerprint density at radius 2 is 1.69 bits per heavy atom. The normalized spacial score (nSPS) is 11.0. The highest BCUT2D eigenvalue weighted by Crippen LogP contribution is 2.46. The van der Waals surface area contributed by atoms with Crippen molar-refractivity contribution in [3.8, 4) is 39.8 Å². The molecule has 0 bridgehead atoms. The molecule has 35 heavy (non-hydrogen) atoms. The summed E-state index contributed by atoms with van der Waals surface area (Å²) in [6.45, 7) is 2.04. The van der Waals surface area contributed by atoms with Crippen LogP contribution in [0.3, 0.4) is 0 Å². The van der Waals surface area contributed by atoms with E-state index in [4.69, 9.17) is 13.9 Å². The number of halogens is 1. The Morgan fingerprint density at radius 3 is 2.31 bits per heavy atom. The lowest BCUT2D eigenvalue weighted by Gasteiger charge is -2.18. The van der Waals surface area contributed by atoms with Crippen LogP contribution in [0.5, 0.6) is 17.2 Å². The number of ether oxygens (including phenoxy) is 2. The fraction of sp³-hybridized carbons (Fsp3) is 0.269. The molecule has 0 aliphatic carbocycles. The van der Waals surface area contributed by atoms with Crippen molar-refractivity contribution < 1.29 is 23.4 Å². The van der Waals surface area contributed by atoms with E-state index in [-0.39, 0.29) is 35.3 Å². The molecule has 0 radical (unpaired) electrons. The second-order valence-corrected chi connectivity index (χ2v) is 7.98. The summed E-state index contributed by atoms with van der Waals surface area (Å²) < 4.78 is 30.0. The zero-order valence-electron chi connectivity index (χ0n) is 19.7. The number of aromatic hydroxyl groups is 1. The minimum Gasteiger partial charge on any atom is -0.506 e. The van der Waals surface area contributed by atoms with E-state index in [0.717, 1.165) is 18.4 Å². The molecular weight excluding hydrogens is 453 g/mol. The quantitative estimate of drug-likeness (QED) is 0.352. The van der Waals surface area contributed by atoms with Gasteiger partial charge in [0.25, 0.3) is 11.4 Å². The third-order valence-electron chi connectivity index (χ3n) is 5.67. The topological polar surface area (TPSA) is 110 Å². The number of hydrogen-bond acceptors (Lipinski definition) is 7. The third-order valence-corrected chi connectivity index (χ3v) is 5.67. The minimum atomic E-state index is -0.553. The molecule has 4 rings (SSSR count). The molecule has 4 aromatic rings. The molecule has 0 unspecified atom stereocenters. The number of nitrogens with one attached hydrogen (secondary N) is 1. The first-order valence-electron chi connectivity index (χ1n) is 11.2. The number of H-pyrrole nitrogens is 1. The zero-order valence-corrected chi connectivity index (χ0v) is 19.7. The molecule has 182 valence electrons. The van der Waals surface area contributed by atoms with Crippen LogP contribution in [-0.4, -0.2) is 34.5 Å². The number of benzene rings is 2. The summed E-state index contributed by atoms with van der Waals surface area (Å²) in [5, 5.41) is 19.4. The van der Waals surface area contributed by atoms with Crippen LogP contribution in [0, 0.1) is 5.82 Å². The van der Waals surface area contributed by atoms with Gasteiger partial charge >= 0.3 is 0 Å². The first-order valence-corrected chi connectivity index (χ1v) is 11.2. The van der Waals surface area contributed by atoms with Crippen molar-refractivity contribution in [3.05, 3.63) is 75.8 Å². The van der Waals surface area contributed by atoms with Gasteiger partial charge in [-0.05, 0) is 42.7 Å². The smallest absolute Gasteiger partial charge is 0.264 e. The van der Waals surface area contributed by atoms with E-state index in [1.165, 1.54) is 26.4 Å². The number of methoxy groups -OCH3 is 2. The summed E-state index contributed by atoms with van der Waals surface area (Å²) >= 11 is 0. The van der Waals surface area contributed by atoms with Crippen molar-refractivity contribution in [2.24, 2.45) is 0 Å². The molecule has 0 aliphatic heterocycles. The van der Waals surface area contributed by atoms with Crippen molar-refractivity contribution in [2.75, 3.05) is 14.2 Å². The average Bonchev–Trinajstić information content (AvgIpc) is 3.31. The van der Waals surface area contributed by atoms with Gasteiger partial charge in [0, 0.05) is 5.69 Å². The third kappa shape index (κ3) is 4.89. The Balaban J connectivity index is 1.86. The van der Waals surface area contributed by atoms with Gasteiger partial charge in [-0.3, -0.25) is 4.79 Å². The SMILES string of the molecule is CCCCc1[nH]c(=O)c(-c2nnc(Cc3ccc(F)cc3)o2)c(O)c1-c1c(OC)cccc1OC. The van der Waals surface area contributed by atoms with Crippen LogP contribution in [0.2, 0.25) is 0 Å². The monoisotopic (exact) mass is 479 g/mol. The van der Waals surface area contributed by atoms with E-state index in [1.54, 1.807) is 30.3 Å². The highest BCUT2D eigenvalue weighted by Gasteiger charge is 2.27. The van der Waals surface area contributed by atoms with Crippen molar-refractivity contribution >= 4 is 0 Å². The number of unbranched alkanes of at least 4 members (excludes halogenated alkanes) is 1. The maximum Gasteiger partial charge on any atom is 0.264 e. The van der Waals surface area contributed by atoms with Crippen LogP contribution in [0.15, 0.2) is 51.7 Å². The fourth-order valence-electron chi connectivity index (χ4n) is 3.95. The van der Waals surface area contributed by atoms with Crippen molar-refractivity contribution in [1.29, 1.82) is 0 Å². The predicted octanol–water partition coefficient (Wildman–Crippen LogP) is 4.89. The van der Waals surface area contributed by atoms with E-state index >= 15 is 0 Å². The van der Waals surface area contributed by atoms with E-state index in [2.05, 4.69) is 15.2 Å². The standard InChI is InChI=1S/C26H26FN3O5/c1-4-5-7-17-21(22-18(33-2)8-6-9-19(22)34-3)24(31)23(25(32)28-17)26-30-29-20(35-26)14-15-10-12-16(27)13-11-15/h6,8-13H,4-5,7,14H2,1-3H3,(H2,28,31,32). The Morgan fingerprint density at radius 1 is 1.00 bits per heavy atom. The Kier molecular flexibility index (Phi) is 7.14. The van der Waals surface area contributed by atoms with Gasteiger partial charge in [-0.2, -0.15) is 0 Å². The second kappa shape index (κ2) is 10.4. The number of pyridine rings is 1. The fourth-order valence-corrected chi connectivity index (χ4v) is 3.95. The molecule has 0 aliphatic rings. The highest BCUT2D eigenvalue weighted by molar-refractivity contribution is 5.86. The molecule has 0 saturated heterocycles. The minimum absolute atomic E-state index is 0.127. The molecule has 0 amide bonds. The highest BCUT2D eigenvalue weighted by atomic mass is 19.1. The van der Waals surface area contributed by atoms with Crippen LogP contribution in [-0.2, 0) is 12.8 Å². The first kappa shape index (κ1) is 24.0. The molecule has 2 aromatic heterocycles. The van der Waals surface area contributed by atoms with E-state index < -0.39 is 5.56 Å². The van der Waals surface area contributed by atoms with Gasteiger partial charge in [0.2, 0.25) is 5.89 Å². The Hall–Kier alpha value is -4.14. The molecule has 8 nitrogen and oxygen atoms in total. The maximum absolute atomic E-state index is 13.2. The Labute approximate surface area is 201 Å². The molecule has 0 atom stereocenters. The zero-order chi connectivity index (χ0) is 24.9. The molecular formula is C26H26FN3O5. The molecule has 2 N–H and O–H groups in total. The number of rotatable bonds is 9. The number of nitrogens with zero attached hydrogens (tertiary/aromatic N) is 2. The van der Waals surface area contributed by atoms with E-state index in [0.29, 0.717) is 34.7 Å². The number of hydrogen-bond donors (Lipinski definition) is 2. The van der Waals surface area contributed by atoms with Crippen molar-refractivity contribution in [3.63, 3.8) is 0 Å². The summed E-state index contributed by atoms with van der Waals surface area (Å²) in [6.07, 6.45) is 2.45. The summed E-state index contributed by atoms with van der Waals surface area (Å²) in [7, 11) is 3.04. The van der Waals surface area contributed by atoms with Gasteiger partial charge in [0.1, 0.15) is 28.6 Å². The average molecular weight is 480 g/mol. The van der Waals surface area contributed by atoms with E-state index in [1.807, 2.05) is 6.92 Å². The van der Waals surface area contributed by atoms with Crippen LogP contribution < -0.4 is 15.0 Å². The largest absolute Gasteiger partial charge is 0.506 e. The lowest BCUT2D eigenvalue weighted by atomic mass is 9.96. The molecule has 2 heterocycles. The lowest BCUT2D eigenvalue weighted by Crippen LogP contribution is -2.14. The van der Waals surface area contributed by atoms with Crippen molar-refractivity contribution in [2.45, 2.75) is 32.6 Å². The maximum atomic E-state index is 13.2. The number of aromatic nitrogens is 3. The second-order valence-electron chi connectivity index (χ2n) is 7.98. The molecule has 9 heteroatoms. The molecule has 0 saturated carbocycles. The lowest BCUT2D eigenvalue weighted by molar-refractivity contribution is 0.396. The van der Waals surface area contributed by atoms with Crippen LogP contribution in [0.1, 0.15) is 36.9 Å². The van der Waals surface area contributed by atoms with Crippen LogP contribution in [0.4, 0.5) is 4.39 Å². The van der Waals surface area contributed by atoms with Crippen LogP contribution in [0.25, 0.3) is 22.6 Å². The summed E-state index contributed by atoms with van der Waals surface area (Å²) in [5.41, 5.74) is 1.49. The molecule has 0 fully saturated rings. The number of aryl methyl sites for hydroxylation is 1. The Bertz CT molecular complexity index is 1360. The summed E-state index contributed by atoms with van der Waals surface area (Å²) in [6, 6.07) is 11.2. The predicted molar refractivity (Wildman–Crippen MR) is 128 cm³/mol. The van der Waals surface area contributed by atoms with Crippen LogP contribution >= 0.6 is 0 Å². The van der Waals surface area contributed by atoms with Gasteiger partial charge in [-0.15, -0.1) is 10.2 Å². The van der Waals surface area contributed by atoms with Gasteiger partial charge in [-0.25, -0.2) is 4.39 Å². The molecule has 2 aromatic carbocycles. The van der Waals surface area contributed by atoms with Crippen molar-refractivity contribution in [1.82, 2.24) is 15.2 Å². The first-order chi connectivity index (χ1) is 17.0. The van der Waals surface area contributed by atoms with E-state index in [9.17, 15) is 14.3 Å².